The fourth-order valence-corrected chi connectivity index (χ4v) is 2.77. The highest BCUT2D eigenvalue weighted by atomic mass is 127. The molecular formula is C13H22IN3O2S. The summed E-state index contributed by atoms with van der Waals surface area (Å²) < 4.78 is 23.0. The molecule has 0 atom stereocenters. The van der Waals surface area contributed by atoms with Crippen molar-refractivity contribution in [2.45, 2.75) is 25.3 Å². The number of aliphatic imine (C=N–C) groups is 1. The monoisotopic (exact) mass is 411 g/mol. The SMILES string of the molecule is CCNC(=NC)NCc1ccc(S(C)(=O)=O)c(C)c1.I. The van der Waals surface area contributed by atoms with Gasteiger partial charge in [-0.15, -0.1) is 24.0 Å². The quantitative estimate of drug-likeness (QED) is 0.450. The Balaban J connectivity index is 0.00000361. The number of sulfone groups is 1. The number of rotatable bonds is 4. The molecule has 0 heterocycles. The van der Waals surface area contributed by atoms with Gasteiger partial charge in [-0.1, -0.05) is 12.1 Å². The molecule has 20 heavy (non-hydrogen) atoms. The fourth-order valence-electron chi connectivity index (χ4n) is 1.81. The number of guanidine groups is 1. The van der Waals surface area contributed by atoms with Gasteiger partial charge in [0.2, 0.25) is 0 Å². The van der Waals surface area contributed by atoms with Crippen LogP contribution in [0.4, 0.5) is 0 Å². The summed E-state index contributed by atoms with van der Waals surface area (Å²) in [5, 5.41) is 6.26. The first-order valence-corrected chi connectivity index (χ1v) is 8.01. The molecule has 114 valence electrons. The first-order chi connectivity index (χ1) is 8.88. The van der Waals surface area contributed by atoms with E-state index in [1.54, 1.807) is 20.0 Å². The third-order valence-electron chi connectivity index (χ3n) is 2.67. The lowest BCUT2D eigenvalue weighted by atomic mass is 10.1. The van der Waals surface area contributed by atoms with Crippen LogP contribution in [-0.2, 0) is 16.4 Å². The molecule has 0 amide bonds. The summed E-state index contributed by atoms with van der Waals surface area (Å²) in [5.74, 6) is 0.729. The highest BCUT2D eigenvalue weighted by Crippen LogP contribution is 2.16. The number of hydrogen-bond acceptors (Lipinski definition) is 3. The van der Waals surface area contributed by atoms with Crippen molar-refractivity contribution in [3.05, 3.63) is 29.3 Å². The third-order valence-corrected chi connectivity index (χ3v) is 3.92. The van der Waals surface area contributed by atoms with Gasteiger partial charge in [-0.25, -0.2) is 8.42 Å². The van der Waals surface area contributed by atoms with Crippen molar-refractivity contribution < 1.29 is 8.42 Å². The molecule has 0 saturated carbocycles. The normalized spacial score (nSPS) is 11.7. The Labute approximate surface area is 138 Å². The maximum atomic E-state index is 11.5. The van der Waals surface area contributed by atoms with Crippen LogP contribution in [0.5, 0.6) is 0 Å². The predicted molar refractivity (Wildman–Crippen MR) is 93.6 cm³/mol. The van der Waals surface area contributed by atoms with Gasteiger partial charge in [-0.05, 0) is 31.0 Å². The minimum Gasteiger partial charge on any atom is -0.357 e. The van der Waals surface area contributed by atoms with Gasteiger partial charge < -0.3 is 10.6 Å². The van der Waals surface area contributed by atoms with E-state index in [0.717, 1.165) is 23.6 Å². The highest BCUT2D eigenvalue weighted by molar-refractivity contribution is 14.0. The number of halogens is 1. The molecule has 0 aliphatic carbocycles. The zero-order chi connectivity index (χ0) is 14.5. The van der Waals surface area contributed by atoms with Crippen LogP contribution in [0.1, 0.15) is 18.1 Å². The summed E-state index contributed by atoms with van der Waals surface area (Å²) >= 11 is 0. The number of benzene rings is 1. The van der Waals surface area contributed by atoms with Gasteiger partial charge in [0.05, 0.1) is 4.90 Å². The number of hydrogen-bond donors (Lipinski definition) is 2. The minimum atomic E-state index is -3.15. The standard InChI is InChI=1S/C13H21N3O2S.HI/c1-5-15-13(14-3)16-9-11-6-7-12(10(2)8-11)19(4,17)18;/h6-8H,5,9H2,1-4H3,(H2,14,15,16);1H. The van der Waals surface area contributed by atoms with Crippen LogP contribution in [-0.4, -0.2) is 34.2 Å². The Morgan fingerprint density at radius 1 is 1.30 bits per heavy atom. The molecule has 0 aliphatic heterocycles. The van der Waals surface area contributed by atoms with Crippen LogP contribution in [0.15, 0.2) is 28.1 Å². The van der Waals surface area contributed by atoms with E-state index in [1.807, 2.05) is 19.1 Å². The van der Waals surface area contributed by atoms with Gasteiger partial charge in [0, 0.05) is 26.4 Å². The van der Waals surface area contributed by atoms with Crippen molar-refractivity contribution in [1.29, 1.82) is 0 Å². The lowest BCUT2D eigenvalue weighted by molar-refractivity contribution is 0.601. The van der Waals surface area contributed by atoms with Gasteiger partial charge in [0.1, 0.15) is 0 Å². The lowest BCUT2D eigenvalue weighted by Gasteiger charge is -2.11. The summed E-state index contributed by atoms with van der Waals surface area (Å²) in [6.07, 6.45) is 1.22. The number of aryl methyl sites for hydroxylation is 1. The van der Waals surface area contributed by atoms with Gasteiger partial charge >= 0.3 is 0 Å². The highest BCUT2D eigenvalue weighted by Gasteiger charge is 2.10. The Morgan fingerprint density at radius 3 is 2.40 bits per heavy atom. The summed E-state index contributed by atoms with van der Waals surface area (Å²) in [7, 11) is -1.44. The smallest absolute Gasteiger partial charge is 0.191 e. The van der Waals surface area contributed by atoms with Gasteiger partial charge in [0.15, 0.2) is 15.8 Å². The second-order valence-corrected chi connectivity index (χ2v) is 6.31. The van der Waals surface area contributed by atoms with Crippen molar-refractivity contribution in [2.75, 3.05) is 19.8 Å². The fraction of sp³-hybridized carbons (Fsp3) is 0.462. The van der Waals surface area contributed by atoms with Crippen molar-refractivity contribution in [3.8, 4) is 0 Å². The van der Waals surface area contributed by atoms with E-state index in [-0.39, 0.29) is 24.0 Å². The van der Waals surface area contributed by atoms with Gasteiger partial charge in [-0.2, -0.15) is 0 Å². The summed E-state index contributed by atoms with van der Waals surface area (Å²) in [4.78, 5) is 4.45. The second-order valence-electron chi connectivity index (χ2n) is 4.33. The first-order valence-electron chi connectivity index (χ1n) is 6.12. The maximum Gasteiger partial charge on any atom is 0.191 e. The van der Waals surface area contributed by atoms with E-state index in [1.165, 1.54) is 6.26 Å². The van der Waals surface area contributed by atoms with Crippen LogP contribution < -0.4 is 10.6 Å². The number of nitrogens with one attached hydrogen (secondary N) is 2. The predicted octanol–water partition coefficient (Wildman–Crippen LogP) is 1.70. The van der Waals surface area contributed by atoms with Gasteiger partial charge in [0.25, 0.3) is 0 Å². The van der Waals surface area contributed by atoms with Crippen molar-refractivity contribution in [2.24, 2.45) is 4.99 Å². The molecule has 1 aromatic carbocycles. The largest absolute Gasteiger partial charge is 0.357 e. The van der Waals surface area contributed by atoms with E-state index < -0.39 is 9.84 Å². The molecule has 0 saturated heterocycles. The molecule has 1 aromatic rings. The number of nitrogens with zero attached hydrogens (tertiary/aromatic N) is 1. The molecule has 0 radical (unpaired) electrons. The lowest BCUT2D eigenvalue weighted by Crippen LogP contribution is -2.36. The minimum absolute atomic E-state index is 0. The average molecular weight is 411 g/mol. The van der Waals surface area contributed by atoms with Crippen LogP contribution >= 0.6 is 24.0 Å². The first kappa shape index (κ1) is 19.2. The van der Waals surface area contributed by atoms with E-state index in [2.05, 4.69) is 15.6 Å². The van der Waals surface area contributed by atoms with E-state index >= 15 is 0 Å². The van der Waals surface area contributed by atoms with Crippen LogP contribution in [0.2, 0.25) is 0 Å². The molecular weight excluding hydrogens is 389 g/mol. The molecule has 0 aliphatic rings. The molecule has 0 fully saturated rings. The van der Waals surface area contributed by atoms with E-state index in [0.29, 0.717) is 11.4 Å². The molecule has 0 bridgehead atoms. The second kappa shape index (κ2) is 8.46. The van der Waals surface area contributed by atoms with Crippen LogP contribution in [0.25, 0.3) is 0 Å². The zero-order valence-electron chi connectivity index (χ0n) is 12.2. The zero-order valence-corrected chi connectivity index (χ0v) is 15.4. The Hall–Kier alpha value is -0.830. The van der Waals surface area contributed by atoms with Crippen LogP contribution in [0.3, 0.4) is 0 Å². The summed E-state index contributed by atoms with van der Waals surface area (Å²) in [6, 6.07) is 5.34. The van der Waals surface area contributed by atoms with Gasteiger partial charge in [-0.3, -0.25) is 4.99 Å². The van der Waals surface area contributed by atoms with Crippen LogP contribution in [0, 0.1) is 6.92 Å². The Morgan fingerprint density at radius 2 is 1.95 bits per heavy atom. The molecule has 0 unspecified atom stereocenters. The molecule has 5 nitrogen and oxygen atoms in total. The molecule has 1 rings (SSSR count). The Kier molecular flexibility index (Phi) is 8.10. The van der Waals surface area contributed by atoms with Crippen molar-refractivity contribution >= 4 is 39.8 Å². The van der Waals surface area contributed by atoms with E-state index in [9.17, 15) is 8.42 Å². The summed E-state index contributed by atoms with van der Waals surface area (Å²) in [5.41, 5.74) is 1.78. The Bertz CT molecular complexity index is 571. The van der Waals surface area contributed by atoms with E-state index in [4.69, 9.17) is 0 Å². The molecule has 0 aromatic heterocycles. The summed E-state index contributed by atoms with van der Waals surface area (Å²) in [6.45, 7) is 5.20. The van der Waals surface area contributed by atoms with Crippen molar-refractivity contribution in [3.63, 3.8) is 0 Å². The molecule has 0 spiro atoms. The third kappa shape index (κ3) is 5.66. The molecule has 7 heteroatoms. The average Bonchev–Trinajstić information content (AvgIpc) is 2.33. The topological polar surface area (TPSA) is 70.6 Å². The molecule has 2 N–H and O–H groups in total. The van der Waals surface area contributed by atoms with Crippen molar-refractivity contribution in [1.82, 2.24) is 10.6 Å². The maximum absolute atomic E-state index is 11.5.